The fourth-order valence-electron chi connectivity index (χ4n) is 1.71. The Kier molecular flexibility index (Phi) is 5.00. The molecule has 0 atom stereocenters. The molecule has 1 saturated heterocycles. The molecule has 0 bridgehead atoms. The van der Waals surface area contributed by atoms with E-state index in [9.17, 15) is 8.42 Å². The van der Waals surface area contributed by atoms with Crippen LogP contribution in [0.2, 0.25) is 0 Å². The molecule has 0 amide bonds. The fraction of sp³-hybridized carbons (Fsp3) is 0.636. The first-order chi connectivity index (χ1) is 9.14. The van der Waals surface area contributed by atoms with Crippen LogP contribution in [0.4, 0.5) is 5.95 Å². The highest BCUT2D eigenvalue weighted by Gasteiger charge is 2.26. The minimum Gasteiger partial charge on any atom is -0.354 e. The molecule has 2 rings (SSSR count). The van der Waals surface area contributed by atoms with Crippen molar-refractivity contribution in [1.29, 1.82) is 0 Å². The molecule has 1 fully saturated rings. The van der Waals surface area contributed by atoms with Crippen LogP contribution in [-0.2, 0) is 10.0 Å². The minimum atomic E-state index is -3.43. The molecule has 19 heavy (non-hydrogen) atoms. The van der Waals surface area contributed by atoms with Gasteiger partial charge in [-0.3, -0.25) is 0 Å². The van der Waals surface area contributed by atoms with Crippen molar-refractivity contribution in [3.8, 4) is 0 Å². The lowest BCUT2D eigenvalue weighted by atomic mass is 10.5. The van der Waals surface area contributed by atoms with Gasteiger partial charge in [-0.2, -0.15) is 16.1 Å². The van der Waals surface area contributed by atoms with Crippen molar-refractivity contribution in [1.82, 2.24) is 14.3 Å². The molecule has 0 radical (unpaired) electrons. The second-order valence-corrected chi connectivity index (χ2v) is 7.35. The van der Waals surface area contributed by atoms with Crippen molar-refractivity contribution in [2.45, 2.75) is 18.2 Å². The summed E-state index contributed by atoms with van der Waals surface area (Å²) in [6.45, 7) is 3.93. The van der Waals surface area contributed by atoms with Gasteiger partial charge in [-0.1, -0.05) is 6.92 Å². The van der Waals surface area contributed by atoms with Crippen LogP contribution in [0.5, 0.6) is 0 Å². The van der Waals surface area contributed by atoms with Crippen LogP contribution >= 0.6 is 11.8 Å². The zero-order valence-electron chi connectivity index (χ0n) is 10.9. The summed E-state index contributed by atoms with van der Waals surface area (Å²) in [4.78, 5) is 8.26. The zero-order chi connectivity index (χ0) is 13.7. The van der Waals surface area contributed by atoms with Crippen molar-refractivity contribution >= 4 is 27.7 Å². The van der Waals surface area contributed by atoms with Crippen LogP contribution in [-0.4, -0.2) is 53.8 Å². The molecule has 2 heterocycles. The third kappa shape index (κ3) is 3.58. The molecule has 0 aromatic carbocycles. The van der Waals surface area contributed by atoms with Crippen LogP contribution in [0.15, 0.2) is 17.3 Å². The molecular formula is C11H18N4O2S2. The molecule has 1 N–H and O–H groups in total. The van der Waals surface area contributed by atoms with E-state index in [4.69, 9.17) is 0 Å². The van der Waals surface area contributed by atoms with Crippen LogP contribution in [0.25, 0.3) is 0 Å². The van der Waals surface area contributed by atoms with Crippen molar-refractivity contribution in [2.24, 2.45) is 0 Å². The Hall–Kier alpha value is -0.860. The number of anilines is 1. The van der Waals surface area contributed by atoms with Gasteiger partial charge in [-0.15, -0.1) is 0 Å². The average Bonchev–Trinajstić information content (AvgIpc) is 2.46. The van der Waals surface area contributed by atoms with E-state index < -0.39 is 10.0 Å². The second kappa shape index (κ2) is 6.53. The molecule has 1 aliphatic heterocycles. The number of nitrogens with one attached hydrogen (secondary N) is 1. The number of nitrogens with zero attached hydrogens (tertiary/aromatic N) is 3. The number of sulfonamides is 1. The summed E-state index contributed by atoms with van der Waals surface area (Å²) >= 11 is 1.77. The maximum atomic E-state index is 12.3. The van der Waals surface area contributed by atoms with E-state index in [0.717, 1.165) is 24.5 Å². The summed E-state index contributed by atoms with van der Waals surface area (Å²) in [5.41, 5.74) is 0. The molecule has 0 spiro atoms. The summed E-state index contributed by atoms with van der Waals surface area (Å²) in [7, 11) is -3.43. The van der Waals surface area contributed by atoms with Crippen molar-refractivity contribution in [2.75, 3.05) is 36.5 Å². The monoisotopic (exact) mass is 302 g/mol. The number of hydrogen-bond acceptors (Lipinski definition) is 6. The van der Waals surface area contributed by atoms with Crippen LogP contribution in [0.1, 0.15) is 13.3 Å². The molecule has 1 aromatic rings. The summed E-state index contributed by atoms with van der Waals surface area (Å²) < 4.78 is 26.2. The molecular weight excluding hydrogens is 284 g/mol. The largest absolute Gasteiger partial charge is 0.354 e. The van der Waals surface area contributed by atoms with E-state index in [-0.39, 0.29) is 4.90 Å². The van der Waals surface area contributed by atoms with Gasteiger partial charge >= 0.3 is 0 Å². The maximum absolute atomic E-state index is 12.3. The lowest BCUT2D eigenvalue weighted by Gasteiger charge is -2.25. The summed E-state index contributed by atoms with van der Waals surface area (Å²) in [6, 6.07) is 0. The highest BCUT2D eigenvalue weighted by Crippen LogP contribution is 2.19. The summed E-state index contributed by atoms with van der Waals surface area (Å²) in [5.74, 6) is 2.15. The third-order valence-corrected chi connectivity index (χ3v) is 5.56. The number of rotatable bonds is 5. The SMILES string of the molecule is CCCNc1ncc(S(=O)(=O)N2CCSCC2)cn1. The quantitative estimate of drug-likeness (QED) is 0.876. The highest BCUT2D eigenvalue weighted by atomic mass is 32.2. The standard InChI is InChI=1S/C11H18N4O2S2/c1-2-3-12-11-13-8-10(9-14-11)19(16,17)15-4-6-18-7-5-15/h8-9H,2-7H2,1H3,(H,12,13,14). The number of hydrogen-bond donors (Lipinski definition) is 1. The van der Waals surface area contributed by atoms with Gasteiger partial charge in [-0.05, 0) is 6.42 Å². The van der Waals surface area contributed by atoms with Gasteiger partial charge in [0.05, 0.1) is 12.4 Å². The van der Waals surface area contributed by atoms with Gasteiger partial charge in [-0.25, -0.2) is 18.4 Å². The highest BCUT2D eigenvalue weighted by molar-refractivity contribution is 7.99. The summed E-state index contributed by atoms with van der Waals surface area (Å²) in [6.07, 6.45) is 3.72. The van der Waals surface area contributed by atoms with E-state index in [1.165, 1.54) is 16.7 Å². The topological polar surface area (TPSA) is 75.2 Å². The van der Waals surface area contributed by atoms with Gasteiger partial charge in [0.25, 0.3) is 0 Å². The van der Waals surface area contributed by atoms with Gasteiger partial charge in [0.15, 0.2) is 0 Å². The van der Waals surface area contributed by atoms with E-state index in [1.54, 1.807) is 11.8 Å². The Morgan fingerprint density at radius 2 is 1.95 bits per heavy atom. The van der Waals surface area contributed by atoms with Gasteiger partial charge in [0.1, 0.15) is 4.90 Å². The predicted molar refractivity (Wildman–Crippen MR) is 76.9 cm³/mol. The molecule has 1 aliphatic rings. The Morgan fingerprint density at radius 3 is 2.53 bits per heavy atom. The summed E-state index contributed by atoms with van der Waals surface area (Å²) in [5, 5.41) is 3.02. The normalized spacial score (nSPS) is 17.3. The van der Waals surface area contributed by atoms with Crippen LogP contribution in [0.3, 0.4) is 0 Å². The van der Waals surface area contributed by atoms with Crippen molar-refractivity contribution < 1.29 is 8.42 Å². The van der Waals surface area contributed by atoms with Gasteiger partial charge < -0.3 is 5.32 Å². The molecule has 6 nitrogen and oxygen atoms in total. The van der Waals surface area contributed by atoms with Gasteiger partial charge in [0, 0.05) is 31.1 Å². The van der Waals surface area contributed by atoms with E-state index in [0.29, 0.717) is 19.0 Å². The molecule has 0 saturated carbocycles. The number of aromatic nitrogens is 2. The lowest BCUT2D eigenvalue weighted by Crippen LogP contribution is -2.37. The third-order valence-electron chi connectivity index (χ3n) is 2.77. The first kappa shape index (κ1) is 14.5. The molecule has 8 heteroatoms. The van der Waals surface area contributed by atoms with Gasteiger partial charge in [0.2, 0.25) is 16.0 Å². The molecule has 0 aliphatic carbocycles. The Balaban J connectivity index is 2.11. The molecule has 1 aromatic heterocycles. The molecule has 106 valence electrons. The van der Waals surface area contributed by atoms with E-state index in [2.05, 4.69) is 15.3 Å². The minimum absolute atomic E-state index is 0.168. The van der Waals surface area contributed by atoms with E-state index >= 15 is 0 Å². The van der Waals surface area contributed by atoms with Crippen molar-refractivity contribution in [3.63, 3.8) is 0 Å². The Labute approximate surface area is 118 Å². The second-order valence-electron chi connectivity index (χ2n) is 4.19. The first-order valence-electron chi connectivity index (χ1n) is 6.28. The average molecular weight is 302 g/mol. The van der Waals surface area contributed by atoms with E-state index in [1.807, 2.05) is 6.92 Å². The smallest absolute Gasteiger partial charge is 0.246 e. The lowest BCUT2D eigenvalue weighted by molar-refractivity contribution is 0.443. The van der Waals surface area contributed by atoms with Crippen molar-refractivity contribution in [3.05, 3.63) is 12.4 Å². The van der Waals surface area contributed by atoms with Crippen LogP contribution in [0, 0.1) is 0 Å². The predicted octanol–water partition coefficient (Wildman–Crippen LogP) is 1.04. The Bertz CT molecular complexity index is 498. The maximum Gasteiger partial charge on any atom is 0.246 e. The first-order valence-corrected chi connectivity index (χ1v) is 8.88. The number of thioether (sulfide) groups is 1. The Morgan fingerprint density at radius 1 is 1.32 bits per heavy atom. The zero-order valence-corrected chi connectivity index (χ0v) is 12.5. The fourth-order valence-corrected chi connectivity index (χ4v) is 4.18. The molecule has 0 unspecified atom stereocenters. The van der Waals surface area contributed by atoms with Crippen LogP contribution < -0.4 is 5.32 Å².